The Morgan fingerprint density at radius 2 is 1.74 bits per heavy atom. The number of fused-ring (bicyclic) bond motifs is 1. The Morgan fingerprint density at radius 3 is 2.53 bits per heavy atom. The lowest BCUT2D eigenvalue weighted by Gasteiger charge is -2.28. The number of anilines is 1. The highest BCUT2D eigenvalue weighted by molar-refractivity contribution is 7.80. The fourth-order valence-corrected chi connectivity index (χ4v) is 6.84. The van der Waals surface area contributed by atoms with E-state index in [1.165, 1.54) is 33.8 Å². The molecule has 1 aliphatic rings. The number of carbonyl (C=O) groups excluding carboxylic acids is 1. The van der Waals surface area contributed by atoms with Gasteiger partial charge in [0.15, 0.2) is 5.11 Å². The van der Waals surface area contributed by atoms with Crippen LogP contribution in [0.15, 0.2) is 91.1 Å². The summed E-state index contributed by atoms with van der Waals surface area (Å²) < 4.78 is 2.38. The van der Waals surface area contributed by atoms with Crippen molar-refractivity contribution >= 4 is 39.7 Å². The maximum absolute atomic E-state index is 13.3. The summed E-state index contributed by atoms with van der Waals surface area (Å²) in [4.78, 5) is 20.2. The number of nitrogens with zero attached hydrogens (tertiary/aromatic N) is 3. The predicted molar refractivity (Wildman–Crippen MR) is 179 cm³/mol. The second-order valence-corrected chi connectivity index (χ2v) is 11.6. The van der Waals surface area contributed by atoms with E-state index in [2.05, 4.69) is 84.2 Å². The van der Waals surface area contributed by atoms with Gasteiger partial charge in [0.25, 0.3) is 0 Å². The van der Waals surface area contributed by atoms with Gasteiger partial charge in [0.2, 0.25) is 5.91 Å². The van der Waals surface area contributed by atoms with E-state index in [4.69, 9.17) is 17.2 Å². The minimum atomic E-state index is -0.147. The summed E-state index contributed by atoms with van der Waals surface area (Å²) in [6, 6.07) is 28.6. The number of nitrogens with one attached hydrogen (secondary N) is 2. The quantitative estimate of drug-likeness (QED) is 0.184. The van der Waals surface area contributed by atoms with Crippen molar-refractivity contribution in [1.29, 1.82) is 0 Å². The van der Waals surface area contributed by atoms with Gasteiger partial charge < -0.3 is 20.1 Å². The second kappa shape index (κ2) is 12.0. The van der Waals surface area contributed by atoms with Crippen molar-refractivity contribution in [3.05, 3.63) is 125 Å². The van der Waals surface area contributed by atoms with Crippen molar-refractivity contribution in [3.8, 4) is 5.69 Å². The number of thiocarbonyl (C=S) groups is 1. The molecule has 0 radical (unpaired) electrons. The van der Waals surface area contributed by atoms with Gasteiger partial charge >= 0.3 is 0 Å². The number of hydrogen-bond acceptors (Lipinski definition) is 3. The van der Waals surface area contributed by atoms with E-state index in [-0.39, 0.29) is 18.0 Å². The molecule has 0 spiro atoms. The fraction of sp³-hybridized carbons (Fsp3) is 0.250. The van der Waals surface area contributed by atoms with Gasteiger partial charge in [-0.15, -0.1) is 0 Å². The maximum Gasteiger partial charge on any atom is 0.226 e. The minimum absolute atomic E-state index is 0.0443. The molecule has 1 fully saturated rings. The lowest BCUT2D eigenvalue weighted by atomic mass is 9.96. The number of rotatable bonds is 8. The molecule has 6 rings (SSSR count). The van der Waals surface area contributed by atoms with Crippen LogP contribution in [0.25, 0.3) is 16.5 Å². The van der Waals surface area contributed by atoms with E-state index in [0.29, 0.717) is 18.1 Å². The van der Waals surface area contributed by atoms with Gasteiger partial charge in [-0.1, -0.05) is 67.6 Å². The van der Waals surface area contributed by atoms with E-state index in [1.807, 2.05) is 54.7 Å². The summed E-state index contributed by atoms with van der Waals surface area (Å²) in [5.74, 6) is -0.0443. The van der Waals surface area contributed by atoms with E-state index in [1.54, 1.807) is 0 Å². The first-order chi connectivity index (χ1) is 20.9. The van der Waals surface area contributed by atoms with Gasteiger partial charge in [0, 0.05) is 41.6 Å². The summed E-state index contributed by atoms with van der Waals surface area (Å²) in [6.07, 6.45) is 3.07. The number of benzene rings is 3. The van der Waals surface area contributed by atoms with E-state index < -0.39 is 0 Å². The Bertz CT molecular complexity index is 1810. The van der Waals surface area contributed by atoms with Crippen molar-refractivity contribution in [1.82, 2.24) is 19.8 Å². The van der Waals surface area contributed by atoms with Crippen molar-refractivity contribution in [2.75, 3.05) is 11.9 Å². The standard InChI is InChI=1S/C36H37N5OS/c1-5-26-14-10-12-23(2)34(26)41-24(3)22-29(25(41)4)35-33(31-17-8-9-20-37-31)39-36(43)40(35)21-19-32(42)38-30-18-11-15-27-13-6-7-16-28(27)30/h6-18,20,22,33,35H,5,19,21H2,1-4H3,(H,38,42)(H,39,43). The normalized spacial score (nSPS) is 16.5. The highest BCUT2D eigenvalue weighted by atomic mass is 32.1. The molecule has 2 aromatic heterocycles. The van der Waals surface area contributed by atoms with Crippen LogP contribution < -0.4 is 10.6 Å². The number of para-hydroxylation sites is 1. The third kappa shape index (κ3) is 5.41. The Labute approximate surface area is 258 Å². The van der Waals surface area contributed by atoms with Crippen LogP contribution in [0.3, 0.4) is 0 Å². The van der Waals surface area contributed by atoms with Crippen molar-refractivity contribution in [3.63, 3.8) is 0 Å². The van der Waals surface area contributed by atoms with Crippen molar-refractivity contribution in [2.45, 2.75) is 52.6 Å². The second-order valence-electron chi connectivity index (χ2n) is 11.2. The maximum atomic E-state index is 13.3. The number of pyridine rings is 1. The Kier molecular flexibility index (Phi) is 8.00. The molecule has 2 atom stereocenters. The summed E-state index contributed by atoms with van der Waals surface area (Å²) in [7, 11) is 0. The van der Waals surface area contributed by atoms with Crippen LogP contribution >= 0.6 is 12.2 Å². The minimum Gasteiger partial charge on any atom is -0.352 e. The van der Waals surface area contributed by atoms with Crippen LogP contribution in [0, 0.1) is 20.8 Å². The van der Waals surface area contributed by atoms with Gasteiger partial charge in [-0.2, -0.15) is 0 Å². The highest BCUT2D eigenvalue weighted by Crippen LogP contribution is 2.42. The summed E-state index contributed by atoms with van der Waals surface area (Å²) in [6.45, 7) is 9.22. The fourth-order valence-electron chi connectivity index (χ4n) is 6.51. The van der Waals surface area contributed by atoms with Gasteiger partial charge in [-0.05, 0) is 85.8 Å². The molecular formula is C36H37N5OS. The van der Waals surface area contributed by atoms with Gasteiger partial charge in [0.05, 0.1) is 23.5 Å². The molecule has 1 amide bonds. The largest absolute Gasteiger partial charge is 0.352 e. The zero-order chi connectivity index (χ0) is 30.1. The number of amides is 1. The first-order valence-corrected chi connectivity index (χ1v) is 15.3. The number of aromatic nitrogens is 2. The molecule has 1 aliphatic heterocycles. The average Bonchev–Trinajstić information content (AvgIpc) is 3.50. The summed E-state index contributed by atoms with van der Waals surface area (Å²) in [5, 5.41) is 9.45. The van der Waals surface area contributed by atoms with E-state index in [0.717, 1.165) is 28.6 Å². The molecule has 1 saturated heterocycles. The summed E-state index contributed by atoms with van der Waals surface area (Å²) in [5.41, 5.74) is 9.07. The molecule has 6 nitrogen and oxygen atoms in total. The topological polar surface area (TPSA) is 62.2 Å². The molecule has 43 heavy (non-hydrogen) atoms. The molecule has 2 N–H and O–H groups in total. The molecule has 0 saturated carbocycles. The Balaban J connectivity index is 1.34. The van der Waals surface area contributed by atoms with Gasteiger partial charge in [-0.25, -0.2) is 0 Å². The van der Waals surface area contributed by atoms with Gasteiger partial charge in [-0.3, -0.25) is 9.78 Å². The first-order valence-electron chi connectivity index (χ1n) is 14.9. The Morgan fingerprint density at radius 1 is 0.977 bits per heavy atom. The monoisotopic (exact) mass is 587 g/mol. The van der Waals surface area contributed by atoms with Gasteiger partial charge in [0.1, 0.15) is 0 Å². The van der Waals surface area contributed by atoms with E-state index in [9.17, 15) is 4.79 Å². The molecule has 3 heterocycles. The van der Waals surface area contributed by atoms with E-state index >= 15 is 0 Å². The lowest BCUT2D eigenvalue weighted by molar-refractivity contribution is -0.116. The zero-order valence-corrected chi connectivity index (χ0v) is 25.9. The summed E-state index contributed by atoms with van der Waals surface area (Å²) >= 11 is 5.92. The van der Waals surface area contributed by atoms with Crippen molar-refractivity contribution in [2.24, 2.45) is 0 Å². The molecular weight excluding hydrogens is 550 g/mol. The third-order valence-electron chi connectivity index (χ3n) is 8.56. The molecule has 7 heteroatoms. The van der Waals surface area contributed by atoms with Crippen molar-refractivity contribution < 1.29 is 4.79 Å². The number of aryl methyl sites for hydroxylation is 3. The van der Waals surface area contributed by atoms with Crippen LogP contribution in [0.1, 0.15) is 59.2 Å². The number of carbonyl (C=O) groups is 1. The smallest absolute Gasteiger partial charge is 0.226 e. The van der Waals surface area contributed by atoms with Crippen LogP contribution in [0.2, 0.25) is 0 Å². The van der Waals surface area contributed by atoms with Crippen LogP contribution in [-0.4, -0.2) is 32.0 Å². The molecule has 218 valence electrons. The SMILES string of the molecule is CCc1cccc(C)c1-n1c(C)cc(C2C(c3ccccn3)NC(=S)N2CCC(=O)Nc2cccc3ccccc23)c1C. The number of hydrogen-bond donors (Lipinski definition) is 2. The Hall–Kier alpha value is -4.49. The molecule has 5 aromatic rings. The van der Waals surface area contributed by atoms with Crippen LogP contribution in [-0.2, 0) is 11.2 Å². The molecule has 3 aromatic carbocycles. The zero-order valence-electron chi connectivity index (χ0n) is 25.1. The first kappa shape index (κ1) is 28.6. The average molecular weight is 588 g/mol. The third-order valence-corrected chi connectivity index (χ3v) is 8.91. The lowest BCUT2D eigenvalue weighted by Crippen LogP contribution is -2.33. The van der Waals surface area contributed by atoms with Crippen LogP contribution in [0.4, 0.5) is 5.69 Å². The predicted octanol–water partition coefficient (Wildman–Crippen LogP) is 7.51. The highest BCUT2D eigenvalue weighted by Gasteiger charge is 2.41. The molecule has 2 unspecified atom stereocenters. The molecule has 0 aliphatic carbocycles. The van der Waals surface area contributed by atoms with Crippen LogP contribution in [0.5, 0.6) is 0 Å². The molecule has 0 bridgehead atoms.